The minimum absolute atomic E-state index is 0.111. The first-order valence-electron chi connectivity index (χ1n) is 4.69. The summed E-state index contributed by atoms with van der Waals surface area (Å²) in [6.45, 7) is 5.02. The fraction of sp³-hybridized carbons (Fsp3) is 0.800. The van der Waals surface area contributed by atoms with E-state index >= 15 is 0 Å². The van der Waals surface area contributed by atoms with Crippen molar-refractivity contribution < 1.29 is 0 Å². The lowest BCUT2D eigenvalue weighted by Crippen LogP contribution is -1.91. The van der Waals surface area contributed by atoms with E-state index < -0.39 is 0 Å². The molecule has 68 valence electrons. The van der Waals surface area contributed by atoms with Crippen LogP contribution < -0.4 is 0 Å². The number of unbranched alkanes of at least 4 members (excludes halogenated alkanes) is 2. The molecule has 0 saturated carbocycles. The van der Waals surface area contributed by atoms with Crippen LogP contribution in [0.1, 0.15) is 39.5 Å². The Kier molecular flexibility index (Phi) is 7.68. The van der Waals surface area contributed by atoms with Gasteiger partial charge in [0.05, 0.1) is 6.07 Å². The van der Waals surface area contributed by atoms with Gasteiger partial charge in [-0.2, -0.15) is 5.26 Å². The van der Waals surface area contributed by atoms with E-state index in [-0.39, 0.29) is 5.92 Å². The quantitative estimate of drug-likeness (QED) is 0.441. The van der Waals surface area contributed by atoms with Crippen molar-refractivity contribution in [2.75, 3.05) is 6.54 Å². The van der Waals surface area contributed by atoms with Gasteiger partial charge in [0.2, 0.25) is 0 Å². The molecule has 0 N–H and O–H groups in total. The van der Waals surface area contributed by atoms with E-state index in [0.29, 0.717) is 0 Å². The fourth-order valence-electron chi connectivity index (χ4n) is 0.830. The molecule has 0 aliphatic heterocycles. The Balaban J connectivity index is 3.21. The molecule has 0 rings (SSSR count). The van der Waals surface area contributed by atoms with E-state index in [9.17, 15) is 0 Å². The van der Waals surface area contributed by atoms with Crippen LogP contribution in [0.4, 0.5) is 0 Å². The molecule has 0 aromatic carbocycles. The van der Waals surface area contributed by atoms with E-state index in [1.54, 1.807) is 0 Å². The standard InChI is InChI=1S/C10H18N2/c1-3-4-5-7-12-8-6-10(2)9-11/h8,10H,3-7H2,1-2H3/b12-8-. The Labute approximate surface area is 75.3 Å². The molecule has 1 atom stereocenters. The number of nitriles is 1. The molecule has 2 heteroatoms. The lowest BCUT2D eigenvalue weighted by atomic mass is 10.1. The molecular weight excluding hydrogens is 148 g/mol. The lowest BCUT2D eigenvalue weighted by Gasteiger charge is -1.94. The topological polar surface area (TPSA) is 36.1 Å². The highest BCUT2D eigenvalue weighted by Crippen LogP contribution is 1.97. The van der Waals surface area contributed by atoms with E-state index in [1.807, 2.05) is 13.1 Å². The highest BCUT2D eigenvalue weighted by atomic mass is 14.7. The second-order valence-electron chi connectivity index (χ2n) is 3.06. The zero-order valence-corrected chi connectivity index (χ0v) is 8.08. The van der Waals surface area contributed by atoms with Gasteiger partial charge in [0, 0.05) is 12.5 Å². The molecule has 0 aromatic rings. The number of aliphatic imine (C=N–C) groups is 1. The van der Waals surface area contributed by atoms with Gasteiger partial charge in [-0.25, -0.2) is 0 Å². The minimum atomic E-state index is 0.111. The molecule has 12 heavy (non-hydrogen) atoms. The first kappa shape index (κ1) is 11.2. The summed E-state index contributed by atoms with van der Waals surface area (Å²) in [7, 11) is 0. The summed E-state index contributed by atoms with van der Waals surface area (Å²) < 4.78 is 0. The molecule has 0 fully saturated rings. The summed E-state index contributed by atoms with van der Waals surface area (Å²) in [6, 6.07) is 2.18. The number of nitrogens with zero attached hydrogens (tertiary/aromatic N) is 2. The third kappa shape index (κ3) is 7.27. The van der Waals surface area contributed by atoms with Crippen molar-refractivity contribution in [2.45, 2.75) is 39.5 Å². The summed E-state index contributed by atoms with van der Waals surface area (Å²) in [5.74, 6) is 0.111. The first-order chi connectivity index (χ1) is 5.81. The van der Waals surface area contributed by atoms with Gasteiger partial charge in [0.15, 0.2) is 0 Å². The van der Waals surface area contributed by atoms with Crippen molar-refractivity contribution in [3.05, 3.63) is 0 Å². The summed E-state index contributed by atoms with van der Waals surface area (Å²) in [6.07, 6.45) is 6.34. The first-order valence-corrected chi connectivity index (χ1v) is 4.69. The van der Waals surface area contributed by atoms with Crippen molar-refractivity contribution in [3.8, 4) is 6.07 Å². The van der Waals surface area contributed by atoms with Crippen LogP contribution in [0, 0.1) is 17.2 Å². The third-order valence-corrected chi connectivity index (χ3v) is 1.70. The summed E-state index contributed by atoms with van der Waals surface area (Å²) in [5, 5.41) is 8.46. The smallest absolute Gasteiger partial charge is 0.0656 e. The van der Waals surface area contributed by atoms with Crippen molar-refractivity contribution in [3.63, 3.8) is 0 Å². The Bertz CT molecular complexity index is 156. The second-order valence-corrected chi connectivity index (χ2v) is 3.06. The van der Waals surface area contributed by atoms with E-state index in [0.717, 1.165) is 13.0 Å². The van der Waals surface area contributed by atoms with Crippen LogP contribution >= 0.6 is 0 Å². The van der Waals surface area contributed by atoms with Gasteiger partial charge >= 0.3 is 0 Å². The molecule has 0 aromatic heterocycles. The lowest BCUT2D eigenvalue weighted by molar-refractivity contribution is 0.724. The molecule has 0 bridgehead atoms. The van der Waals surface area contributed by atoms with Crippen LogP contribution in [0.15, 0.2) is 4.99 Å². The fourth-order valence-corrected chi connectivity index (χ4v) is 0.830. The molecule has 0 spiro atoms. The highest BCUT2D eigenvalue weighted by Gasteiger charge is 1.93. The average molecular weight is 166 g/mol. The maximum atomic E-state index is 8.46. The molecule has 0 amide bonds. The SMILES string of the molecule is CCCCC/N=C\CC(C)C#N. The molecule has 2 nitrogen and oxygen atoms in total. The van der Waals surface area contributed by atoms with E-state index in [1.165, 1.54) is 19.3 Å². The third-order valence-electron chi connectivity index (χ3n) is 1.70. The summed E-state index contributed by atoms with van der Waals surface area (Å²) >= 11 is 0. The van der Waals surface area contributed by atoms with Crippen LogP contribution in [0.25, 0.3) is 0 Å². The Morgan fingerprint density at radius 2 is 2.25 bits per heavy atom. The maximum Gasteiger partial charge on any atom is 0.0656 e. The van der Waals surface area contributed by atoms with Crippen molar-refractivity contribution in [1.29, 1.82) is 5.26 Å². The van der Waals surface area contributed by atoms with Gasteiger partial charge in [-0.15, -0.1) is 0 Å². The van der Waals surface area contributed by atoms with Crippen molar-refractivity contribution in [2.24, 2.45) is 10.9 Å². The minimum Gasteiger partial charge on any atom is -0.297 e. The van der Waals surface area contributed by atoms with Crippen molar-refractivity contribution in [1.82, 2.24) is 0 Å². The predicted octanol–water partition coefficient (Wildman–Crippen LogP) is 2.80. The molecule has 0 saturated heterocycles. The zero-order chi connectivity index (χ0) is 9.23. The molecule has 0 aliphatic carbocycles. The summed E-state index contributed by atoms with van der Waals surface area (Å²) in [4.78, 5) is 4.22. The highest BCUT2D eigenvalue weighted by molar-refractivity contribution is 5.57. The predicted molar refractivity (Wildman–Crippen MR) is 52.3 cm³/mol. The normalized spacial score (nSPS) is 13.1. The van der Waals surface area contributed by atoms with Crippen LogP contribution in [0.2, 0.25) is 0 Å². The summed E-state index contributed by atoms with van der Waals surface area (Å²) in [5.41, 5.74) is 0. The van der Waals surface area contributed by atoms with Gasteiger partial charge < -0.3 is 0 Å². The van der Waals surface area contributed by atoms with Gasteiger partial charge in [0.25, 0.3) is 0 Å². The van der Waals surface area contributed by atoms with Gasteiger partial charge in [-0.1, -0.05) is 19.8 Å². The molecule has 1 unspecified atom stereocenters. The number of hydrogen-bond acceptors (Lipinski definition) is 2. The number of hydrogen-bond donors (Lipinski definition) is 0. The second kappa shape index (κ2) is 8.26. The number of rotatable bonds is 6. The maximum absolute atomic E-state index is 8.46. The Hall–Kier alpha value is -0.840. The monoisotopic (exact) mass is 166 g/mol. The Morgan fingerprint density at radius 3 is 2.83 bits per heavy atom. The largest absolute Gasteiger partial charge is 0.297 e. The zero-order valence-electron chi connectivity index (χ0n) is 8.08. The molecule has 0 aliphatic rings. The molecule has 0 radical (unpaired) electrons. The van der Waals surface area contributed by atoms with Crippen LogP contribution in [0.3, 0.4) is 0 Å². The van der Waals surface area contributed by atoms with Gasteiger partial charge in [-0.3, -0.25) is 4.99 Å². The average Bonchev–Trinajstić information content (AvgIpc) is 2.10. The van der Waals surface area contributed by atoms with Crippen LogP contribution in [-0.4, -0.2) is 12.8 Å². The van der Waals surface area contributed by atoms with Gasteiger partial charge in [-0.05, 0) is 26.0 Å². The van der Waals surface area contributed by atoms with Crippen molar-refractivity contribution >= 4 is 6.21 Å². The van der Waals surface area contributed by atoms with E-state index in [2.05, 4.69) is 18.0 Å². The van der Waals surface area contributed by atoms with Gasteiger partial charge in [0.1, 0.15) is 0 Å². The molecular formula is C10H18N2. The molecule has 0 heterocycles. The Morgan fingerprint density at radius 1 is 1.50 bits per heavy atom. The van der Waals surface area contributed by atoms with Crippen LogP contribution in [-0.2, 0) is 0 Å². The van der Waals surface area contributed by atoms with E-state index in [4.69, 9.17) is 5.26 Å². The van der Waals surface area contributed by atoms with Crippen LogP contribution in [0.5, 0.6) is 0 Å².